The van der Waals surface area contributed by atoms with Crippen molar-refractivity contribution in [2.45, 2.75) is 38.9 Å². The maximum atomic E-state index is 6.25. The molecule has 0 radical (unpaired) electrons. The molecule has 0 aliphatic rings. The highest BCUT2D eigenvalue weighted by Gasteiger charge is 2.39. The van der Waals surface area contributed by atoms with Gasteiger partial charge >= 0.3 is 0 Å². The molecule has 0 amide bonds. The summed E-state index contributed by atoms with van der Waals surface area (Å²) in [5.74, 6) is 0.652. The lowest BCUT2D eigenvalue weighted by Crippen LogP contribution is -2.40. The van der Waals surface area contributed by atoms with Crippen LogP contribution < -0.4 is 0 Å². The summed E-state index contributed by atoms with van der Waals surface area (Å²) in [4.78, 5) is 4.23. The summed E-state index contributed by atoms with van der Waals surface area (Å²) in [6, 6.07) is 3.89. The molecular weight excluding hydrogens is 334 g/mol. The first-order valence-electron chi connectivity index (χ1n) is 6.50. The predicted molar refractivity (Wildman–Crippen MR) is 88.0 cm³/mol. The molecule has 2 heterocycles. The third-order valence-corrected chi connectivity index (χ3v) is 8.84. The van der Waals surface area contributed by atoms with E-state index in [0.717, 1.165) is 15.8 Å². The number of hydrogen-bond acceptors (Lipinski definition) is 3. The fourth-order valence-electron chi connectivity index (χ4n) is 1.60. The SMILES string of the molecule is C=C(O[Si](C)(C)C(C)(C)C)c1ccc(Br)c2ncnn12. The van der Waals surface area contributed by atoms with Gasteiger partial charge in [-0.3, -0.25) is 0 Å². The van der Waals surface area contributed by atoms with E-state index < -0.39 is 8.32 Å². The van der Waals surface area contributed by atoms with Crippen molar-refractivity contribution in [1.29, 1.82) is 0 Å². The summed E-state index contributed by atoms with van der Waals surface area (Å²) in [7, 11) is -1.90. The summed E-state index contributed by atoms with van der Waals surface area (Å²) < 4.78 is 8.90. The van der Waals surface area contributed by atoms with Gasteiger partial charge in [0, 0.05) is 0 Å². The zero-order valence-corrected chi connectivity index (χ0v) is 15.2. The van der Waals surface area contributed by atoms with Crippen LogP contribution in [0.1, 0.15) is 26.5 Å². The highest BCUT2D eigenvalue weighted by molar-refractivity contribution is 9.10. The molecule has 2 rings (SSSR count). The molecule has 0 N–H and O–H groups in total. The number of nitrogens with zero attached hydrogens (tertiary/aromatic N) is 3. The molecule has 108 valence electrons. The molecule has 0 bridgehead atoms. The van der Waals surface area contributed by atoms with Gasteiger partial charge in [0.2, 0.25) is 0 Å². The third-order valence-electron chi connectivity index (χ3n) is 3.85. The largest absolute Gasteiger partial charge is 0.542 e. The van der Waals surface area contributed by atoms with Crippen molar-refractivity contribution >= 4 is 35.7 Å². The Morgan fingerprint density at radius 2 is 2.00 bits per heavy atom. The van der Waals surface area contributed by atoms with Crippen LogP contribution >= 0.6 is 15.9 Å². The van der Waals surface area contributed by atoms with Gasteiger partial charge in [0.05, 0.1) is 4.47 Å². The molecule has 0 aliphatic heterocycles. The number of hydrogen-bond donors (Lipinski definition) is 0. The van der Waals surface area contributed by atoms with Crippen LogP contribution in [-0.4, -0.2) is 22.9 Å². The number of aromatic nitrogens is 3. The summed E-state index contributed by atoms with van der Waals surface area (Å²) in [6.45, 7) is 15.1. The quantitative estimate of drug-likeness (QED) is 0.602. The summed E-state index contributed by atoms with van der Waals surface area (Å²) >= 11 is 3.47. The smallest absolute Gasteiger partial charge is 0.250 e. The van der Waals surface area contributed by atoms with Gasteiger partial charge in [-0.1, -0.05) is 27.4 Å². The highest BCUT2D eigenvalue weighted by atomic mass is 79.9. The second-order valence-corrected chi connectivity index (χ2v) is 11.9. The van der Waals surface area contributed by atoms with Crippen molar-refractivity contribution in [3.63, 3.8) is 0 Å². The highest BCUT2D eigenvalue weighted by Crippen LogP contribution is 2.39. The van der Waals surface area contributed by atoms with E-state index in [1.54, 1.807) is 4.52 Å². The summed E-state index contributed by atoms with van der Waals surface area (Å²) in [6.07, 6.45) is 1.53. The molecular formula is C14H20BrN3OSi. The predicted octanol–water partition coefficient (Wildman–Crippen LogP) is 4.48. The Morgan fingerprint density at radius 3 is 2.60 bits per heavy atom. The first kappa shape index (κ1) is 15.2. The summed E-state index contributed by atoms with van der Waals surface area (Å²) in [5.41, 5.74) is 1.60. The van der Waals surface area contributed by atoms with Crippen molar-refractivity contribution < 1.29 is 4.43 Å². The van der Waals surface area contributed by atoms with Gasteiger partial charge in [0.1, 0.15) is 17.8 Å². The molecule has 0 saturated heterocycles. The number of pyridine rings is 1. The molecule has 2 aromatic heterocycles. The van der Waals surface area contributed by atoms with E-state index in [1.807, 2.05) is 12.1 Å². The molecule has 0 atom stereocenters. The van der Waals surface area contributed by atoms with Gasteiger partial charge in [-0.25, -0.2) is 9.50 Å². The van der Waals surface area contributed by atoms with Crippen LogP contribution in [0.3, 0.4) is 0 Å². The second-order valence-electron chi connectivity index (χ2n) is 6.35. The Labute approximate surface area is 129 Å². The maximum absolute atomic E-state index is 6.25. The molecule has 4 nitrogen and oxygen atoms in total. The first-order chi connectivity index (χ1) is 9.13. The van der Waals surface area contributed by atoms with Crippen LogP contribution in [0.5, 0.6) is 0 Å². The van der Waals surface area contributed by atoms with Crippen LogP contribution in [0.2, 0.25) is 18.1 Å². The Bertz CT molecular complexity index is 658. The zero-order valence-electron chi connectivity index (χ0n) is 12.6. The lowest BCUT2D eigenvalue weighted by atomic mass is 10.2. The average molecular weight is 354 g/mol. The lowest BCUT2D eigenvalue weighted by Gasteiger charge is -2.37. The standard InChI is InChI=1S/C14H20BrN3OSi/c1-10(19-20(5,6)14(2,3)4)12-8-7-11(15)13-16-9-17-18(12)13/h7-9H,1H2,2-6H3. The van der Waals surface area contributed by atoms with E-state index in [1.165, 1.54) is 6.33 Å². The van der Waals surface area contributed by atoms with Gasteiger partial charge in [-0.15, -0.1) is 0 Å². The first-order valence-corrected chi connectivity index (χ1v) is 10.2. The molecule has 2 aromatic rings. The number of fused-ring (bicyclic) bond motifs is 1. The van der Waals surface area contributed by atoms with Crippen molar-refractivity contribution in [1.82, 2.24) is 14.6 Å². The van der Waals surface area contributed by atoms with Crippen LogP contribution in [0.25, 0.3) is 11.4 Å². The number of rotatable bonds is 3. The monoisotopic (exact) mass is 353 g/mol. The van der Waals surface area contributed by atoms with Crippen LogP contribution in [0.4, 0.5) is 0 Å². The van der Waals surface area contributed by atoms with Gasteiger partial charge in [-0.05, 0) is 46.2 Å². The Kier molecular flexibility index (Phi) is 3.81. The minimum absolute atomic E-state index is 0.132. The summed E-state index contributed by atoms with van der Waals surface area (Å²) in [5, 5.41) is 4.37. The van der Waals surface area contributed by atoms with Gasteiger partial charge < -0.3 is 4.43 Å². The van der Waals surface area contributed by atoms with Gasteiger partial charge in [0.25, 0.3) is 8.32 Å². The van der Waals surface area contributed by atoms with Gasteiger partial charge in [-0.2, -0.15) is 5.10 Å². The Hall–Kier alpha value is -1.14. The molecule has 0 aromatic carbocycles. The third kappa shape index (κ3) is 2.67. The van der Waals surface area contributed by atoms with E-state index in [2.05, 4.69) is 66.5 Å². The number of halogens is 1. The Balaban J connectivity index is 2.38. The van der Waals surface area contributed by atoms with Crippen molar-refractivity contribution in [3.8, 4) is 0 Å². The van der Waals surface area contributed by atoms with Crippen molar-refractivity contribution in [3.05, 3.63) is 35.2 Å². The molecule has 0 fully saturated rings. The molecule has 0 aliphatic carbocycles. The topological polar surface area (TPSA) is 39.4 Å². The normalized spacial score (nSPS) is 12.7. The minimum atomic E-state index is -1.90. The minimum Gasteiger partial charge on any atom is -0.542 e. The van der Waals surface area contributed by atoms with E-state index in [0.29, 0.717) is 5.76 Å². The van der Waals surface area contributed by atoms with Crippen LogP contribution in [0, 0.1) is 0 Å². The molecule has 6 heteroatoms. The van der Waals surface area contributed by atoms with E-state index in [9.17, 15) is 0 Å². The van der Waals surface area contributed by atoms with E-state index in [4.69, 9.17) is 4.43 Å². The fraction of sp³-hybridized carbons (Fsp3) is 0.429. The van der Waals surface area contributed by atoms with E-state index >= 15 is 0 Å². The van der Waals surface area contributed by atoms with Crippen molar-refractivity contribution in [2.75, 3.05) is 0 Å². The Morgan fingerprint density at radius 1 is 1.35 bits per heavy atom. The van der Waals surface area contributed by atoms with Crippen molar-refractivity contribution in [2.24, 2.45) is 0 Å². The zero-order chi connectivity index (χ0) is 15.1. The average Bonchev–Trinajstić information content (AvgIpc) is 2.76. The second kappa shape index (κ2) is 5.00. The molecule has 0 saturated carbocycles. The van der Waals surface area contributed by atoms with Crippen LogP contribution in [-0.2, 0) is 4.43 Å². The molecule has 0 unspecified atom stereocenters. The molecule has 0 spiro atoms. The lowest BCUT2D eigenvalue weighted by molar-refractivity contribution is 0.455. The maximum Gasteiger partial charge on any atom is 0.250 e. The fourth-order valence-corrected chi connectivity index (χ4v) is 3.03. The van der Waals surface area contributed by atoms with Crippen LogP contribution in [0.15, 0.2) is 29.5 Å². The van der Waals surface area contributed by atoms with E-state index in [-0.39, 0.29) is 5.04 Å². The molecule has 20 heavy (non-hydrogen) atoms. The van der Waals surface area contributed by atoms with Gasteiger partial charge in [0.15, 0.2) is 5.65 Å².